The van der Waals surface area contributed by atoms with E-state index in [4.69, 9.17) is 11.1 Å². The van der Waals surface area contributed by atoms with Gasteiger partial charge in [0.2, 0.25) is 0 Å². The molecule has 0 aliphatic heterocycles. The summed E-state index contributed by atoms with van der Waals surface area (Å²) in [5.74, 6) is -1.83. The Morgan fingerprint density at radius 1 is 1.43 bits per heavy atom. The van der Waals surface area contributed by atoms with E-state index in [1.165, 1.54) is 0 Å². The van der Waals surface area contributed by atoms with E-state index in [1.54, 1.807) is 6.92 Å². The van der Waals surface area contributed by atoms with Gasteiger partial charge in [0, 0.05) is 12.1 Å². The van der Waals surface area contributed by atoms with Crippen LogP contribution in [0.4, 0.5) is 14.5 Å². The van der Waals surface area contributed by atoms with Crippen LogP contribution in [0.5, 0.6) is 0 Å². The highest BCUT2D eigenvalue weighted by atomic mass is 19.1. The summed E-state index contributed by atoms with van der Waals surface area (Å²) in [4.78, 5) is 0. The lowest BCUT2D eigenvalue weighted by molar-refractivity contribution is 0.588. The molecule has 1 aromatic carbocycles. The molecular weight excluding hydrogens is 188 g/mol. The van der Waals surface area contributed by atoms with Crippen molar-refractivity contribution in [3.63, 3.8) is 0 Å². The molecule has 1 aromatic rings. The van der Waals surface area contributed by atoms with Crippen molar-refractivity contribution in [3.8, 4) is 0 Å². The van der Waals surface area contributed by atoms with E-state index >= 15 is 0 Å². The van der Waals surface area contributed by atoms with Crippen LogP contribution in [-0.2, 0) is 0 Å². The SMILES string of the molecule is CCNc1c(F)cc(C(=N)N)cc1F. The maximum Gasteiger partial charge on any atom is 0.150 e. The highest BCUT2D eigenvalue weighted by Crippen LogP contribution is 2.20. The van der Waals surface area contributed by atoms with Crippen LogP contribution in [-0.4, -0.2) is 12.4 Å². The van der Waals surface area contributed by atoms with Crippen molar-refractivity contribution in [2.24, 2.45) is 5.73 Å². The average molecular weight is 199 g/mol. The first-order chi connectivity index (χ1) is 6.56. The number of amidine groups is 1. The van der Waals surface area contributed by atoms with Crippen LogP contribution < -0.4 is 11.1 Å². The summed E-state index contributed by atoms with van der Waals surface area (Å²) in [6.07, 6.45) is 0. The first-order valence-corrected chi connectivity index (χ1v) is 4.13. The van der Waals surface area contributed by atoms with Crippen molar-refractivity contribution in [1.29, 1.82) is 5.41 Å². The fourth-order valence-electron chi connectivity index (χ4n) is 1.07. The molecule has 1 rings (SSSR count). The zero-order valence-electron chi connectivity index (χ0n) is 7.70. The number of anilines is 1. The van der Waals surface area contributed by atoms with Gasteiger partial charge in [-0.25, -0.2) is 8.78 Å². The zero-order valence-corrected chi connectivity index (χ0v) is 7.70. The van der Waals surface area contributed by atoms with Crippen LogP contribution in [0.2, 0.25) is 0 Å². The van der Waals surface area contributed by atoms with Crippen molar-refractivity contribution in [2.75, 3.05) is 11.9 Å². The molecule has 0 aliphatic carbocycles. The van der Waals surface area contributed by atoms with Crippen molar-refractivity contribution in [3.05, 3.63) is 29.3 Å². The quantitative estimate of drug-likeness (QED) is 0.512. The predicted molar refractivity (Wildman–Crippen MR) is 51.5 cm³/mol. The fourth-order valence-corrected chi connectivity index (χ4v) is 1.07. The van der Waals surface area contributed by atoms with Crippen molar-refractivity contribution < 1.29 is 8.78 Å². The standard InChI is InChI=1S/C9H11F2N3/c1-2-14-8-6(10)3-5(9(12)13)4-7(8)11/h3-4,14H,2H2,1H3,(H3,12,13). The number of nitrogen functional groups attached to an aromatic ring is 1. The third-order valence-corrected chi connectivity index (χ3v) is 1.71. The molecular formula is C9H11F2N3. The van der Waals surface area contributed by atoms with Crippen molar-refractivity contribution in [2.45, 2.75) is 6.92 Å². The van der Waals surface area contributed by atoms with Gasteiger partial charge in [-0.3, -0.25) is 5.41 Å². The summed E-state index contributed by atoms with van der Waals surface area (Å²) in [6.45, 7) is 2.16. The first-order valence-electron chi connectivity index (χ1n) is 4.13. The Labute approximate surface area is 80.4 Å². The maximum atomic E-state index is 13.2. The summed E-state index contributed by atoms with van der Waals surface area (Å²) in [6, 6.07) is 2.06. The fraction of sp³-hybridized carbons (Fsp3) is 0.222. The van der Waals surface area contributed by atoms with Crippen LogP contribution in [0, 0.1) is 17.0 Å². The van der Waals surface area contributed by atoms with Crippen molar-refractivity contribution in [1.82, 2.24) is 0 Å². The highest BCUT2D eigenvalue weighted by molar-refractivity contribution is 5.95. The molecule has 0 saturated heterocycles. The maximum absolute atomic E-state index is 13.2. The molecule has 0 heterocycles. The van der Waals surface area contributed by atoms with Crippen LogP contribution in [0.3, 0.4) is 0 Å². The van der Waals surface area contributed by atoms with Crippen LogP contribution >= 0.6 is 0 Å². The lowest BCUT2D eigenvalue weighted by atomic mass is 10.1. The lowest BCUT2D eigenvalue weighted by Gasteiger charge is -2.07. The molecule has 0 radical (unpaired) electrons. The summed E-state index contributed by atoms with van der Waals surface area (Å²) in [7, 11) is 0. The van der Waals surface area contributed by atoms with Gasteiger partial charge >= 0.3 is 0 Å². The van der Waals surface area contributed by atoms with Gasteiger partial charge in [-0.1, -0.05) is 0 Å². The molecule has 0 unspecified atom stereocenters. The van der Waals surface area contributed by atoms with Crippen LogP contribution in [0.15, 0.2) is 12.1 Å². The van der Waals surface area contributed by atoms with Gasteiger partial charge < -0.3 is 11.1 Å². The third-order valence-electron chi connectivity index (χ3n) is 1.71. The number of hydrogen-bond donors (Lipinski definition) is 3. The molecule has 76 valence electrons. The molecule has 3 nitrogen and oxygen atoms in total. The number of halogens is 2. The second-order valence-electron chi connectivity index (χ2n) is 2.76. The van der Waals surface area contributed by atoms with Crippen LogP contribution in [0.25, 0.3) is 0 Å². The number of hydrogen-bond acceptors (Lipinski definition) is 2. The van der Waals surface area contributed by atoms with Crippen molar-refractivity contribution >= 4 is 11.5 Å². The molecule has 4 N–H and O–H groups in total. The Kier molecular flexibility index (Phi) is 3.01. The van der Waals surface area contributed by atoms with E-state index in [9.17, 15) is 8.78 Å². The van der Waals surface area contributed by atoms with Gasteiger partial charge in [-0.15, -0.1) is 0 Å². The number of nitrogens with two attached hydrogens (primary N) is 1. The summed E-state index contributed by atoms with van der Waals surface area (Å²) >= 11 is 0. The topological polar surface area (TPSA) is 61.9 Å². The minimum Gasteiger partial charge on any atom is -0.384 e. The Morgan fingerprint density at radius 3 is 2.29 bits per heavy atom. The summed E-state index contributed by atoms with van der Waals surface area (Å²) < 4.78 is 26.4. The van der Waals surface area contributed by atoms with E-state index in [-0.39, 0.29) is 17.1 Å². The Hall–Kier alpha value is -1.65. The van der Waals surface area contributed by atoms with Gasteiger partial charge in [0.05, 0.1) is 0 Å². The molecule has 0 saturated carbocycles. The highest BCUT2D eigenvalue weighted by Gasteiger charge is 2.11. The average Bonchev–Trinajstić information content (AvgIpc) is 2.10. The number of rotatable bonds is 3. The predicted octanol–water partition coefficient (Wildman–Crippen LogP) is 1.68. The Balaban J connectivity index is 3.18. The van der Waals surface area contributed by atoms with Gasteiger partial charge in [0.25, 0.3) is 0 Å². The third kappa shape index (κ3) is 1.99. The van der Waals surface area contributed by atoms with E-state index in [0.717, 1.165) is 12.1 Å². The molecule has 0 aliphatic rings. The number of nitrogens with one attached hydrogen (secondary N) is 2. The second kappa shape index (κ2) is 4.04. The van der Waals surface area contributed by atoms with Gasteiger partial charge in [0.1, 0.15) is 23.2 Å². The normalized spacial score (nSPS) is 9.93. The Morgan fingerprint density at radius 2 is 1.93 bits per heavy atom. The van der Waals surface area contributed by atoms with E-state index in [2.05, 4.69) is 5.32 Å². The molecule has 0 spiro atoms. The Bertz CT molecular complexity index is 340. The minimum absolute atomic E-state index is 0.0432. The molecule has 14 heavy (non-hydrogen) atoms. The molecule has 0 fully saturated rings. The lowest BCUT2D eigenvalue weighted by Crippen LogP contribution is -2.13. The molecule has 5 heteroatoms. The smallest absolute Gasteiger partial charge is 0.150 e. The van der Waals surface area contributed by atoms with E-state index in [0.29, 0.717) is 6.54 Å². The monoisotopic (exact) mass is 199 g/mol. The summed E-state index contributed by atoms with van der Waals surface area (Å²) in [5.41, 5.74) is 4.97. The zero-order chi connectivity index (χ0) is 10.7. The van der Waals surface area contributed by atoms with Gasteiger partial charge in [0.15, 0.2) is 0 Å². The summed E-state index contributed by atoms with van der Waals surface area (Å²) in [5, 5.41) is 9.57. The first kappa shape index (κ1) is 10.4. The van der Waals surface area contributed by atoms with E-state index in [1.807, 2.05) is 0 Å². The van der Waals surface area contributed by atoms with Crippen LogP contribution in [0.1, 0.15) is 12.5 Å². The van der Waals surface area contributed by atoms with Gasteiger partial charge in [-0.05, 0) is 19.1 Å². The molecule has 0 amide bonds. The second-order valence-corrected chi connectivity index (χ2v) is 2.76. The molecule has 0 bridgehead atoms. The number of benzene rings is 1. The molecule has 0 aromatic heterocycles. The van der Waals surface area contributed by atoms with Gasteiger partial charge in [-0.2, -0.15) is 0 Å². The minimum atomic E-state index is -0.739. The largest absolute Gasteiger partial charge is 0.384 e. The molecule has 0 atom stereocenters. The van der Waals surface area contributed by atoms with E-state index < -0.39 is 11.6 Å².